The number of carbonyl (C=O) groups is 1. The van der Waals surface area contributed by atoms with Crippen molar-refractivity contribution in [3.63, 3.8) is 0 Å². The highest BCUT2D eigenvalue weighted by Gasteiger charge is 2.23. The molecule has 0 saturated carbocycles. The summed E-state index contributed by atoms with van der Waals surface area (Å²) in [6.07, 6.45) is 5.40. The minimum absolute atomic E-state index is 0.0781. The van der Waals surface area contributed by atoms with Gasteiger partial charge >= 0.3 is 6.03 Å². The van der Waals surface area contributed by atoms with Crippen LogP contribution < -0.4 is 10.1 Å². The van der Waals surface area contributed by atoms with E-state index in [0.29, 0.717) is 18.8 Å². The van der Waals surface area contributed by atoms with Crippen molar-refractivity contribution in [2.45, 2.75) is 25.5 Å². The molecule has 1 atom stereocenters. The Kier molecular flexibility index (Phi) is 5.85. The molecule has 0 spiro atoms. The number of hydrogen-bond acceptors (Lipinski definition) is 4. The molecule has 6 heteroatoms. The quantitative estimate of drug-likeness (QED) is 0.875. The highest BCUT2D eigenvalue weighted by molar-refractivity contribution is 5.89. The van der Waals surface area contributed by atoms with Gasteiger partial charge in [-0.25, -0.2) is 4.79 Å². The third-order valence-corrected chi connectivity index (χ3v) is 4.20. The minimum atomic E-state index is -0.172. The van der Waals surface area contributed by atoms with Crippen LogP contribution in [0.2, 0.25) is 0 Å². The van der Waals surface area contributed by atoms with E-state index in [2.05, 4.69) is 10.3 Å². The third-order valence-electron chi connectivity index (χ3n) is 4.20. The van der Waals surface area contributed by atoms with Crippen molar-refractivity contribution < 1.29 is 14.3 Å². The molecular formula is C19H23N3O3. The Morgan fingerprint density at radius 1 is 1.36 bits per heavy atom. The van der Waals surface area contributed by atoms with Crippen molar-refractivity contribution in [1.29, 1.82) is 0 Å². The Morgan fingerprint density at radius 3 is 2.96 bits per heavy atom. The summed E-state index contributed by atoms with van der Waals surface area (Å²) < 4.78 is 11.1. The van der Waals surface area contributed by atoms with E-state index in [1.54, 1.807) is 30.5 Å². The highest BCUT2D eigenvalue weighted by Crippen LogP contribution is 2.22. The van der Waals surface area contributed by atoms with Gasteiger partial charge in [0, 0.05) is 24.9 Å². The fourth-order valence-electron chi connectivity index (χ4n) is 2.93. The Morgan fingerprint density at radius 2 is 2.24 bits per heavy atom. The molecule has 1 aliphatic rings. The monoisotopic (exact) mass is 341 g/mol. The number of ether oxygens (including phenoxy) is 2. The molecule has 1 aliphatic heterocycles. The zero-order valence-corrected chi connectivity index (χ0v) is 14.4. The van der Waals surface area contributed by atoms with Gasteiger partial charge in [-0.05, 0) is 31.0 Å². The molecule has 1 unspecified atom stereocenters. The van der Waals surface area contributed by atoms with Crippen LogP contribution in [0.15, 0.2) is 48.8 Å². The molecule has 2 amide bonds. The second kappa shape index (κ2) is 8.48. The molecule has 6 nitrogen and oxygen atoms in total. The van der Waals surface area contributed by atoms with E-state index < -0.39 is 0 Å². The number of anilines is 1. The van der Waals surface area contributed by atoms with Crippen LogP contribution in [0.25, 0.3) is 0 Å². The van der Waals surface area contributed by atoms with Gasteiger partial charge in [0.05, 0.1) is 31.6 Å². The van der Waals surface area contributed by atoms with Gasteiger partial charge in [-0.1, -0.05) is 18.2 Å². The molecule has 2 aromatic rings. The van der Waals surface area contributed by atoms with Crippen molar-refractivity contribution in [3.05, 3.63) is 54.4 Å². The van der Waals surface area contributed by atoms with Crippen LogP contribution in [-0.2, 0) is 11.3 Å². The molecule has 25 heavy (non-hydrogen) atoms. The number of rotatable bonds is 6. The number of hydrogen-bond donors (Lipinski definition) is 1. The number of methoxy groups -OCH3 is 1. The largest absolute Gasteiger partial charge is 0.496 e. The topological polar surface area (TPSA) is 63.7 Å². The number of amides is 2. The molecule has 0 bridgehead atoms. The van der Waals surface area contributed by atoms with Gasteiger partial charge in [0.2, 0.25) is 0 Å². The zero-order chi connectivity index (χ0) is 17.5. The molecule has 1 saturated heterocycles. The Balaban J connectivity index is 1.75. The fraction of sp³-hybridized carbons (Fsp3) is 0.368. The SMILES string of the molecule is COc1ccccc1CN(CC1CCCO1)C(=O)Nc1cccnc1. The van der Waals surface area contributed by atoms with Crippen LogP contribution in [0.5, 0.6) is 5.75 Å². The van der Waals surface area contributed by atoms with Crippen LogP contribution in [0.4, 0.5) is 10.5 Å². The second-order valence-electron chi connectivity index (χ2n) is 6.00. The van der Waals surface area contributed by atoms with Gasteiger partial charge < -0.3 is 19.7 Å². The second-order valence-corrected chi connectivity index (χ2v) is 6.00. The number of benzene rings is 1. The molecule has 1 aromatic carbocycles. The van der Waals surface area contributed by atoms with Gasteiger partial charge in [-0.2, -0.15) is 0 Å². The van der Waals surface area contributed by atoms with Crippen molar-refractivity contribution >= 4 is 11.7 Å². The predicted octanol–water partition coefficient (Wildman–Crippen LogP) is 3.30. The van der Waals surface area contributed by atoms with Crippen molar-refractivity contribution in [1.82, 2.24) is 9.88 Å². The molecule has 2 heterocycles. The van der Waals surface area contributed by atoms with Crippen LogP contribution in [0, 0.1) is 0 Å². The summed E-state index contributed by atoms with van der Waals surface area (Å²) in [6, 6.07) is 11.2. The molecule has 3 rings (SSSR count). The van der Waals surface area contributed by atoms with Crippen LogP contribution in [0.3, 0.4) is 0 Å². The third kappa shape index (κ3) is 4.70. The Labute approximate surface area is 147 Å². The van der Waals surface area contributed by atoms with Gasteiger partial charge in [0.25, 0.3) is 0 Å². The summed E-state index contributed by atoms with van der Waals surface area (Å²) in [4.78, 5) is 18.6. The first-order valence-corrected chi connectivity index (χ1v) is 8.45. The number of pyridine rings is 1. The van der Waals surface area contributed by atoms with E-state index in [1.165, 1.54) is 0 Å². The van der Waals surface area contributed by atoms with Gasteiger partial charge in [-0.3, -0.25) is 4.98 Å². The normalized spacial score (nSPS) is 16.4. The predicted molar refractivity (Wildman–Crippen MR) is 95.6 cm³/mol. The molecule has 0 aliphatic carbocycles. The lowest BCUT2D eigenvalue weighted by molar-refractivity contribution is 0.0817. The number of carbonyl (C=O) groups excluding carboxylic acids is 1. The average molecular weight is 341 g/mol. The maximum Gasteiger partial charge on any atom is 0.322 e. The van der Waals surface area contributed by atoms with E-state index in [0.717, 1.165) is 30.8 Å². The summed E-state index contributed by atoms with van der Waals surface area (Å²) in [5.41, 5.74) is 1.63. The smallest absolute Gasteiger partial charge is 0.322 e. The van der Waals surface area contributed by atoms with E-state index in [9.17, 15) is 4.79 Å². The fourth-order valence-corrected chi connectivity index (χ4v) is 2.93. The maximum absolute atomic E-state index is 12.8. The molecule has 1 N–H and O–H groups in total. The zero-order valence-electron chi connectivity index (χ0n) is 14.4. The van der Waals surface area contributed by atoms with Crippen molar-refractivity contribution in [3.8, 4) is 5.75 Å². The molecule has 1 fully saturated rings. The number of urea groups is 1. The first kappa shape index (κ1) is 17.2. The summed E-state index contributed by atoms with van der Waals surface area (Å²) in [5, 5.41) is 2.90. The lowest BCUT2D eigenvalue weighted by Crippen LogP contribution is -2.39. The van der Waals surface area contributed by atoms with E-state index in [1.807, 2.05) is 30.3 Å². The lowest BCUT2D eigenvalue weighted by atomic mass is 10.1. The number of para-hydroxylation sites is 1. The molecular weight excluding hydrogens is 318 g/mol. The standard InChI is InChI=1S/C19H23N3O3/c1-24-18-9-3-2-6-15(18)13-22(14-17-8-5-11-25-17)19(23)21-16-7-4-10-20-12-16/h2-4,6-7,9-10,12,17H,5,8,11,13-14H2,1H3,(H,21,23). The van der Waals surface area contributed by atoms with E-state index >= 15 is 0 Å². The molecule has 0 radical (unpaired) electrons. The van der Waals surface area contributed by atoms with Crippen LogP contribution in [-0.4, -0.2) is 42.3 Å². The Bertz CT molecular complexity index is 687. The maximum atomic E-state index is 12.8. The molecule has 1 aromatic heterocycles. The van der Waals surface area contributed by atoms with Crippen molar-refractivity contribution in [2.75, 3.05) is 25.6 Å². The summed E-state index contributed by atoms with van der Waals surface area (Å²) >= 11 is 0. The Hall–Kier alpha value is -2.60. The first-order valence-electron chi connectivity index (χ1n) is 8.45. The summed E-state index contributed by atoms with van der Waals surface area (Å²) in [6.45, 7) is 1.76. The average Bonchev–Trinajstić information content (AvgIpc) is 3.15. The number of nitrogens with zero attached hydrogens (tertiary/aromatic N) is 2. The van der Waals surface area contributed by atoms with E-state index in [4.69, 9.17) is 9.47 Å². The van der Waals surface area contributed by atoms with Crippen LogP contribution in [0.1, 0.15) is 18.4 Å². The van der Waals surface area contributed by atoms with Crippen molar-refractivity contribution in [2.24, 2.45) is 0 Å². The van der Waals surface area contributed by atoms with Crippen LogP contribution >= 0.6 is 0 Å². The number of nitrogens with one attached hydrogen (secondary N) is 1. The highest BCUT2D eigenvalue weighted by atomic mass is 16.5. The van der Waals surface area contributed by atoms with E-state index in [-0.39, 0.29) is 12.1 Å². The summed E-state index contributed by atoms with van der Waals surface area (Å²) in [5.74, 6) is 0.772. The number of aromatic nitrogens is 1. The first-order chi connectivity index (χ1) is 12.3. The lowest BCUT2D eigenvalue weighted by Gasteiger charge is -2.26. The molecule has 132 valence electrons. The minimum Gasteiger partial charge on any atom is -0.496 e. The van der Waals surface area contributed by atoms with Gasteiger partial charge in [0.1, 0.15) is 5.75 Å². The summed E-state index contributed by atoms with van der Waals surface area (Å²) in [7, 11) is 1.64. The van der Waals surface area contributed by atoms with Gasteiger partial charge in [0.15, 0.2) is 0 Å². The van der Waals surface area contributed by atoms with Gasteiger partial charge in [-0.15, -0.1) is 0 Å².